The van der Waals surface area contributed by atoms with Gasteiger partial charge in [0.25, 0.3) is 0 Å². The lowest BCUT2D eigenvalue weighted by atomic mass is 10.1. The molecule has 0 aromatic heterocycles. The zero-order chi connectivity index (χ0) is 14.6. The second kappa shape index (κ2) is 6.17. The van der Waals surface area contributed by atoms with Gasteiger partial charge in [-0.25, -0.2) is 8.42 Å². The van der Waals surface area contributed by atoms with Crippen LogP contribution in [0.3, 0.4) is 0 Å². The van der Waals surface area contributed by atoms with Gasteiger partial charge in [-0.2, -0.15) is 0 Å². The van der Waals surface area contributed by atoms with E-state index in [-0.39, 0.29) is 12.5 Å². The number of hydrogen-bond donors (Lipinski definition) is 2. The van der Waals surface area contributed by atoms with Crippen molar-refractivity contribution in [3.8, 4) is 0 Å². The molecule has 7 heteroatoms. The molecular formula is C11H21NO5S. The first-order valence-electron chi connectivity index (χ1n) is 5.71. The Morgan fingerprint density at radius 1 is 1.33 bits per heavy atom. The molecule has 106 valence electrons. The molecule has 0 aromatic rings. The number of aliphatic carboxylic acids is 1. The number of nitrogens with one attached hydrogen (secondary N) is 1. The standard InChI is InChI=1S/C11H21NO5S/c1-8(6-5-7-9(13)14)12-10(15)11(2,3)18(4,16)17/h8H,5-7H2,1-4H3,(H,12,15)(H,13,14). The summed E-state index contributed by atoms with van der Waals surface area (Å²) in [6.07, 6.45) is 1.99. The molecule has 18 heavy (non-hydrogen) atoms. The van der Waals surface area contributed by atoms with Crippen LogP contribution >= 0.6 is 0 Å². The van der Waals surface area contributed by atoms with Crippen molar-refractivity contribution in [3.63, 3.8) is 0 Å². The molecular weight excluding hydrogens is 258 g/mol. The number of hydrogen-bond acceptors (Lipinski definition) is 4. The summed E-state index contributed by atoms with van der Waals surface area (Å²) in [6, 6.07) is -0.252. The van der Waals surface area contributed by atoms with Crippen LogP contribution in [0.4, 0.5) is 0 Å². The molecule has 0 spiro atoms. The van der Waals surface area contributed by atoms with Gasteiger partial charge in [-0.05, 0) is 33.6 Å². The van der Waals surface area contributed by atoms with E-state index in [0.717, 1.165) is 6.26 Å². The maximum Gasteiger partial charge on any atom is 0.303 e. The average Bonchev–Trinajstić information content (AvgIpc) is 2.14. The number of carbonyl (C=O) groups is 2. The fourth-order valence-corrected chi connectivity index (χ4v) is 1.59. The van der Waals surface area contributed by atoms with Crippen molar-refractivity contribution < 1.29 is 23.1 Å². The van der Waals surface area contributed by atoms with Crippen molar-refractivity contribution >= 4 is 21.7 Å². The Labute approximate surface area is 108 Å². The summed E-state index contributed by atoms with van der Waals surface area (Å²) < 4.78 is 21.4. The predicted octanol–water partition coefficient (Wildman–Crippen LogP) is 0.569. The highest BCUT2D eigenvalue weighted by molar-refractivity contribution is 7.92. The second-order valence-electron chi connectivity index (χ2n) is 4.94. The maximum atomic E-state index is 11.8. The summed E-state index contributed by atoms with van der Waals surface area (Å²) in [5.41, 5.74) is 0. The Balaban J connectivity index is 4.36. The van der Waals surface area contributed by atoms with Crippen LogP contribution in [-0.4, -0.2) is 42.4 Å². The molecule has 2 N–H and O–H groups in total. The van der Waals surface area contributed by atoms with Gasteiger partial charge < -0.3 is 10.4 Å². The fourth-order valence-electron chi connectivity index (χ4n) is 1.20. The van der Waals surface area contributed by atoms with Gasteiger partial charge in [0.2, 0.25) is 5.91 Å². The van der Waals surface area contributed by atoms with Crippen LogP contribution < -0.4 is 5.32 Å². The summed E-state index contributed by atoms with van der Waals surface area (Å²) in [6.45, 7) is 4.42. The van der Waals surface area contributed by atoms with Crippen LogP contribution in [0.1, 0.15) is 40.0 Å². The molecule has 1 atom stereocenters. The monoisotopic (exact) mass is 279 g/mol. The van der Waals surface area contributed by atoms with Gasteiger partial charge in [0.05, 0.1) is 0 Å². The minimum atomic E-state index is -3.49. The minimum Gasteiger partial charge on any atom is -0.481 e. The van der Waals surface area contributed by atoms with Gasteiger partial charge in [-0.15, -0.1) is 0 Å². The van der Waals surface area contributed by atoms with Crippen LogP contribution in [0.5, 0.6) is 0 Å². The zero-order valence-corrected chi connectivity index (χ0v) is 12.0. The maximum absolute atomic E-state index is 11.8. The van der Waals surface area contributed by atoms with Crippen molar-refractivity contribution in [1.29, 1.82) is 0 Å². The SMILES string of the molecule is CC(CCCC(=O)O)NC(=O)C(C)(C)S(C)(=O)=O. The van der Waals surface area contributed by atoms with E-state index in [0.29, 0.717) is 12.8 Å². The minimum absolute atomic E-state index is 0.0374. The van der Waals surface area contributed by atoms with E-state index in [4.69, 9.17) is 5.11 Å². The number of carbonyl (C=O) groups excluding carboxylic acids is 1. The molecule has 6 nitrogen and oxygen atoms in total. The second-order valence-corrected chi connectivity index (χ2v) is 7.51. The van der Waals surface area contributed by atoms with Crippen molar-refractivity contribution in [3.05, 3.63) is 0 Å². The van der Waals surface area contributed by atoms with E-state index in [1.54, 1.807) is 6.92 Å². The zero-order valence-electron chi connectivity index (χ0n) is 11.2. The topological polar surface area (TPSA) is 101 Å². The van der Waals surface area contributed by atoms with E-state index in [1.807, 2.05) is 0 Å². The highest BCUT2D eigenvalue weighted by atomic mass is 32.2. The molecule has 0 heterocycles. The first-order valence-corrected chi connectivity index (χ1v) is 7.60. The Morgan fingerprint density at radius 2 is 1.83 bits per heavy atom. The summed E-state index contributed by atoms with van der Waals surface area (Å²) in [5, 5.41) is 11.1. The van der Waals surface area contributed by atoms with E-state index in [2.05, 4.69) is 5.32 Å². The molecule has 0 aliphatic rings. The molecule has 0 aromatic carbocycles. The lowest BCUT2D eigenvalue weighted by molar-refractivity contribution is -0.137. The summed E-state index contributed by atoms with van der Waals surface area (Å²) in [7, 11) is -3.49. The predicted molar refractivity (Wildman–Crippen MR) is 68.0 cm³/mol. The van der Waals surface area contributed by atoms with Crippen LogP contribution in [-0.2, 0) is 19.4 Å². The molecule has 1 unspecified atom stereocenters. The first kappa shape index (κ1) is 16.9. The van der Waals surface area contributed by atoms with Crippen LogP contribution in [0.25, 0.3) is 0 Å². The van der Waals surface area contributed by atoms with E-state index in [9.17, 15) is 18.0 Å². The highest BCUT2D eigenvalue weighted by Gasteiger charge is 2.38. The summed E-state index contributed by atoms with van der Waals surface area (Å²) in [4.78, 5) is 22.1. The Hall–Kier alpha value is -1.11. The van der Waals surface area contributed by atoms with Crippen LogP contribution in [0.15, 0.2) is 0 Å². The smallest absolute Gasteiger partial charge is 0.303 e. The number of sulfone groups is 1. The molecule has 0 bridgehead atoms. The quantitative estimate of drug-likeness (QED) is 0.709. The summed E-state index contributed by atoms with van der Waals surface area (Å²) in [5.74, 6) is -1.45. The molecule has 1 amide bonds. The third-order valence-corrected chi connectivity index (χ3v) is 4.92. The lowest BCUT2D eigenvalue weighted by Crippen LogP contribution is -2.50. The largest absolute Gasteiger partial charge is 0.481 e. The van der Waals surface area contributed by atoms with E-state index >= 15 is 0 Å². The van der Waals surface area contributed by atoms with Crippen LogP contribution in [0.2, 0.25) is 0 Å². The Bertz CT molecular complexity index is 413. The van der Waals surface area contributed by atoms with Gasteiger partial charge in [0, 0.05) is 18.7 Å². The average molecular weight is 279 g/mol. The molecule has 0 aliphatic carbocycles. The van der Waals surface area contributed by atoms with Crippen molar-refractivity contribution in [2.75, 3.05) is 6.26 Å². The number of carboxylic acids is 1. The molecule has 0 fully saturated rings. The Morgan fingerprint density at radius 3 is 2.22 bits per heavy atom. The van der Waals surface area contributed by atoms with Gasteiger partial charge >= 0.3 is 5.97 Å². The molecule has 0 saturated heterocycles. The fraction of sp³-hybridized carbons (Fsp3) is 0.818. The van der Waals surface area contributed by atoms with Crippen molar-refractivity contribution in [1.82, 2.24) is 5.32 Å². The molecule has 0 radical (unpaired) electrons. The first-order chi connectivity index (χ1) is 7.98. The van der Waals surface area contributed by atoms with Crippen molar-refractivity contribution in [2.45, 2.75) is 50.8 Å². The molecule has 0 rings (SSSR count). The number of rotatable bonds is 7. The lowest BCUT2D eigenvalue weighted by Gasteiger charge is -2.24. The summed E-state index contributed by atoms with van der Waals surface area (Å²) >= 11 is 0. The van der Waals surface area contributed by atoms with E-state index in [1.165, 1.54) is 13.8 Å². The van der Waals surface area contributed by atoms with Gasteiger partial charge in [0.15, 0.2) is 9.84 Å². The highest BCUT2D eigenvalue weighted by Crippen LogP contribution is 2.15. The van der Waals surface area contributed by atoms with Gasteiger partial charge in [0.1, 0.15) is 4.75 Å². The number of carboxylic acid groups (broad SMARTS) is 1. The number of amides is 1. The molecule has 0 aliphatic heterocycles. The third-order valence-electron chi connectivity index (χ3n) is 2.88. The molecule has 0 saturated carbocycles. The normalized spacial score (nSPS) is 14.0. The van der Waals surface area contributed by atoms with Gasteiger partial charge in [-0.3, -0.25) is 9.59 Å². The van der Waals surface area contributed by atoms with Crippen molar-refractivity contribution in [2.24, 2.45) is 0 Å². The Kier molecular flexibility index (Phi) is 5.79. The van der Waals surface area contributed by atoms with E-state index < -0.39 is 26.5 Å². The van der Waals surface area contributed by atoms with Crippen LogP contribution in [0, 0.1) is 0 Å². The van der Waals surface area contributed by atoms with Gasteiger partial charge in [-0.1, -0.05) is 0 Å². The third kappa shape index (κ3) is 5.03.